The lowest BCUT2D eigenvalue weighted by Crippen LogP contribution is -2.31. The number of aliphatic hydroxyl groups excluding tert-OH is 4. The van der Waals surface area contributed by atoms with Crippen molar-refractivity contribution in [3.8, 4) is 0 Å². The number of cyclic esters (lactones) is 1. The van der Waals surface area contributed by atoms with E-state index in [9.17, 15) is 4.79 Å². The van der Waals surface area contributed by atoms with Crippen LogP contribution >= 0.6 is 0 Å². The summed E-state index contributed by atoms with van der Waals surface area (Å²) in [7, 11) is 0. The smallest absolute Gasteiger partial charge is 0.377 e. The van der Waals surface area contributed by atoms with Crippen LogP contribution in [0.25, 0.3) is 0 Å². The minimum atomic E-state index is -1.42. The van der Waals surface area contributed by atoms with Gasteiger partial charge in [-0.05, 0) is 0 Å². The third kappa shape index (κ3) is 1.89. The Morgan fingerprint density at radius 3 is 2.31 bits per heavy atom. The van der Waals surface area contributed by atoms with Crippen LogP contribution in [0.2, 0.25) is 0 Å². The molecule has 0 aromatic rings. The van der Waals surface area contributed by atoms with E-state index in [1.54, 1.807) is 0 Å². The highest BCUT2D eigenvalue weighted by atomic mass is 16.6. The fourth-order valence-corrected chi connectivity index (χ4v) is 0.823. The standard InChI is InChI=1S/C6H8O6.H2O/c7-1-2(8)5-3(9)4(10)6(11)12-5;/h2,5,7-10H,1H2;1H2/t2-,5+;/m0./s1. The highest BCUT2D eigenvalue weighted by Gasteiger charge is 2.38. The summed E-state index contributed by atoms with van der Waals surface area (Å²) in [4.78, 5) is 10.5. The van der Waals surface area contributed by atoms with Crippen LogP contribution < -0.4 is 0 Å². The third-order valence-corrected chi connectivity index (χ3v) is 1.48. The molecule has 1 aliphatic rings. The van der Waals surface area contributed by atoms with E-state index >= 15 is 0 Å². The summed E-state index contributed by atoms with van der Waals surface area (Å²) in [5, 5.41) is 35.0. The molecular weight excluding hydrogens is 184 g/mol. The van der Waals surface area contributed by atoms with Gasteiger partial charge in [0.15, 0.2) is 11.9 Å². The normalized spacial score (nSPS) is 23.8. The van der Waals surface area contributed by atoms with E-state index in [1.807, 2.05) is 0 Å². The first-order valence-electron chi connectivity index (χ1n) is 3.20. The minimum Gasteiger partial charge on any atom is -0.505 e. The van der Waals surface area contributed by atoms with Crippen molar-refractivity contribution < 1.29 is 35.4 Å². The van der Waals surface area contributed by atoms with Gasteiger partial charge in [-0.15, -0.1) is 0 Å². The van der Waals surface area contributed by atoms with E-state index in [4.69, 9.17) is 20.4 Å². The van der Waals surface area contributed by atoms with Crippen LogP contribution in [0.4, 0.5) is 0 Å². The van der Waals surface area contributed by atoms with Crippen LogP contribution in [0.3, 0.4) is 0 Å². The second kappa shape index (κ2) is 4.08. The van der Waals surface area contributed by atoms with Crippen LogP contribution in [-0.4, -0.2) is 50.7 Å². The van der Waals surface area contributed by atoms with E-state index in [2.05, 4.69) is 4.74 Å². The topological polar surface area (TPSA) is 139 Å². The second-order valence-electron chi connectivity index (χ2n) is 2.31. The van der Waals surface area contributed by atoms with E-state index in [1.165, 1.54) is 0 Å². The number of ether oxygens (including phenoxy) is 1. The van der Waals surface area contributed by atoms with E-state index in [0.29, 0.717) is 0 Å². The lowest BCUT2D eigenvalue weighted by atomic mass is 10.2. The van der Waals surface area contributed by atoms with Crippen molar-refractivity contribution in [3.63, 3.8) is 0 Å². The number of rotatable bonds is 2. The Labute approximate surface area is 72.8 Å². The number of carbonyl (C=O) groups is 1. The first-order chi connectivity index (χ1) is 5.57. The summed E-state index contributed by atoms with van der Waals surface area (Å²) in [6, 6.07) is 0. The molecule has 0 bridgehead atoms. The highest BCUT2D eigenvalue weighted by Crippen LogP contribution is 2.20. The molecule has 2 atom stereocenters. The van der Waals surface area contributed by atoms with Gasteiger partial charge >= 0.3 is 5.97 Å². The summed E-state index contributed by atoms with van der Waals surface area (Å²) in [5.41, 5.74) is 0. The molecule has 0 unspecified atom stereocenters. The van der Waals surface area contributed by atoms with E-state index in [0.717, 1.165) is 0 Å². The van der Waals surface area contributed by atoms with Gasteiger partial charge in [0, 0.05) is 0 Å². The zero-order valence-corrected chi connectivity index (χ0v) is 6.47. The van der Waals surface area contributed by atoms with Crippen LogP contribution in [-0.2, 0) is 9.53 Å². The molecule has 0 radical (unpaired) electrons. The van der Waals surface area contributed by atoms with Crippen molar-refractivity contribution in [1.82, 2.24) is 0 Å². The quantitative estimate of drug-likeness (QED) is 0.367. The third-order valence-electron chi connectivity index (χ3n) is 1.48. The summed E-state index contributed by atoms with van der Waals surface area (Å²) in [6.07, 6.45) is -2.78. The fraction of sp³-hybridized carbons (Fsp3) is 0.500. The molecule has 0 spiro atoms. The first kappa shape index (κ1) is 11.7. The SMILES string of the molecule is O.O=C1O[C@H]([C@@H](O)CO)C(O)=C1O. The summed E-state index contributed by atoms with van der Waals surface area (Å²) < 4.78 is 4.32. The lowest BCUT2D eigenvalue weighted by Gasteiger charge is -2.13. The molecule has 1 rings (SSSR count). The molecule has 0 amide bonds. The van der Waals surface area contributed by atoms with Crippen LogP contribution in [0.5, 0.6) is 0 Å². The second-order valence-corrected chi connectivity index (χ2v) is 2.31. The molecular formula is C6H10O7. The average molecular weight is 194 g/mol. The molecule has 1 aliphatic heterocycles. The Balaban J connectivity index is 0.00000144. The van der Waals surface area contributed by atoms with Crippen molar-refractivity contribution >= 4 is 5.97 Å². The van der Waals surface area contributed by atoms with Gasteiger partial charge in [0.25, 0.3) is 0 Å². The van der Waals surface area contributed by atoms with Crippen molar-refractivity contribution in [3.05, 3.63) is 11.5 Å². The van der Waals surface area contributed by atoms with Crippen LogP contribution in [0, 0.1) is 0 Å². The maximum atomic E-state index is 10.5. The molecule has 0 saturated carbocycles. The van der Waals surface area contributed by atoms with Gasteiger partial charge in [-0.3, -0.25) is 0 Å². The molecule has 0 saturated heterocycles. The Bertz CT molecular complexity index is 233. The summed E-state index contributed by atoms with van der Waals surface area (Å²) in [5.74, 6) is -2.78. The largest absolute Gasteiger partial charge is 0.505 e. The minimum absolute atomic E-state index is 0. The summed E-state index contributed by atoms with van der Waals surface area (Å²) >= 11 is 0. The zero-order chi connectivity index (χ0) is 9.30. The Morgan fingerprint density at radius 1 is 1.46 bits per heavy atom. The maximum Gasteiger partial charge on any atom is 0.377 e. The van der Waals surface area contributed by atoms with Gasteiger partial charge in [0.05, 0.1) is 6.61 Å². The molecule has 6 N–H and O–H groups in total. The number of aliphatic hydroxyl groups is 4. The number of hydrogen-bond acceptors (Lipinski definition) is 6. The number of esters is 1. The molecule has 0 aliphatic carbocycles. The molecule has 0 aromatic carbocycles. The van der Waals surface area contributed by atoms with Gasteiger partial charge in [-0.1, -0.05) is 0 Å². The van der Waals surface area contributed by atoms with Gasteiger partial charge < -0.3 is 30.6 Å². The predicted molar refractivity (Wildman–Crippen MR) is 38.9 cm³/mol. The highest BCUT2D eigenvalue weighted by molar-refractivity contribution is 5.89. The van der Waals surface area contributed by atoms with E-state index < -0.39 is 36.3 Å². The van der Waals surface area contributed by atoms with Crippen LogP contribution in [0.15, 0.2) is 11.5 Å². The van der Waals surface area contributed by atoms with Crippen molar-refractivity contribution in [2.75, 3.05) is 6.61 Å². The molecule has 76 valence electrons. The number of carbonyl (C=O) groups excluding carboxylic acids is 1. The molecule has 0 aromatic heterocycles. The Morgan fingerprint density at radius 2 is 2.00 bits per heavy atom. The van der Waals surface area contributed by atoms with Gasteiger partial charge in [-0.25, -0.2) is 4.79 Å². The fourth-order valence-electron chi connectivity index (χ4n) is 0.823. The predicted octanol–water partition coefficient (Wildman–Crippen LogP) is -2.23. The molecule has 0 fully saturated rings. The Kier molecular flexibility index (Phi) is 3.67. The average Bonchev–Trinajstić information content (AvgIpc) is 2.32. The number of hydrogen-bond donors (Lipinski definition) is 4. The van der Waals surface area contributed by atoms with Gasteiger partial charge in [0.2, 0.25) is 5.76 Å². The van der Waals surface area contributed by atoms with Gasteiger partial charge in [-0.2, -0.15) is 0 Å². The van der Waals surface area contributed by atoms with Crippen molar-refractivity contribution in [1.29, 1.82) is 0 Å². The molecule has 13 heavy (non-hydrogen) atoms. The maximum absolute atomic E-state index is 10.5. The zero-order valence-electron chi connectivity index (χ0n) is 6.47. The van der Waals surface area contributed by atoms with Gasteiger partial charge in [0.1, 0.15) is 6.10 Å². The molecule has 7 nitrogen and oxygen atoms in total. The van der Waals surface area contributed by atoms with E-state index in [-0.39, 0.29) is 5.48 Å². The van der Waals surface area contributed by atoms with Crippen molar-refractivity contribution in [2.45, 2.75) is 12.2 Å². The summed E-state index contributed by atoms with van der Waals surface area (Å²) in [6.45, 7) is -0.671. The molecule has 7 heteroatoms. The van der Waals surface area contributed by atoms with Crippen molar-refractivity contribution in [2.24, 2.45) is 0 Å². The van der Waals surface area contributed by atoms with Crippen LogP contribution in [0.1, 0.15) is 0 Å². The monoisotopic (exact) mass is 194 g/mol. The Hall–Kier alpha value is -1.31. The molecule has 1 heterocycles. The first-order valence-corrected chi connectivity index (χ1v) is 3.20. The lowest BCUT2D eigenvalue weighted by molar-refractivity contribution is -0.147.